The minimum atomic E-state index is -0.540. The van der Waals surface area contributed by atoms with Gasteiger partial charge in [0.2, 0.25) is 0 Å². The van der Waals surface area contributed by atoms with Gasteiger partial charge in [0.1, 0.15) is 11.7 Å². The van der Waals surface area contributed by atoms with Crippen molar-refractivity contribution in [3.05, 3.63) is 125 Å². The molecule has 0 N–H and O–H groups in total. The van der Waals surface area contributed by atoms with Gasteiger partial charge in [0, 0.05) is 0 Å². The SMILES string of the molecule is COc1ccc(/C(C#N)=C\c2ccc(OC(=O)C(c3ccccc3)c3ccccc3)cc2)cc1OC. The summed E-state index contributed by atoms with van der Waals surface area (Å²) in [5, 5.41) is 9.72. The minimum absolute atomic E-state index is 0.362. The molecule has 0 aromatic heterocycles. The maximum atomic E-state index is 13.2. The Morgan fingerprint density at radius 1 is 0.778 bits per heavy atom. The number of hydrogen-bond donors (Lipinski definition) is 0. The molecule has 0 aliphatic carbocycles. The first-order valence-electron chi connectivity index (χ1n) is 11.4. The standard InChI is InChI=1S/C31H25NO4/c1-34-28-18-15-25(20-29(28)35-2)26(21-32)19-22-13-16-27(17-14-22)36-31(33)30(23-9-5-3-6-10-23)24-11-7-4-8-12-24/h3-20,30H,1-2H3/b26-19-. The predicted molar refractivity (Wildman–Crippen MR) is 140 cm³/mol. The third-order valence-corrected chi connectivity index (χ3v) is 5.73. The molecule has 4 aromatic rings. The zero-order chi connectivity index (χ0) is 25.3. The van der Waals surface area contributed by atoms with Gasteiger partial charge in [-0.3, -0.25) is 4.79 Å². The van der Waals surface area contributed by atoms with Crippen LogP contribution in [0.25, 0.3) is 11.6 Å². The molecule has 0 aliphatic rings. The second-order valence-electron chi connectivity index (χ2n) is 7.98. The van der Waals surface area contributed by atoms with Crippen LogP contribution < -0.4 is 14.2 Å². The van der Waals surface area contributed by atoms with Gasteiger partial charge in [-0.2, -0.15) is 5.26 Å². The summed E-state index contributed by atoms with van der Waals surface area (Å²) in [5.41, 5.74) is 3.70. The summed E-state index contributed by atoms with van der Waals surface area (Å²) in [5.74, 6) is 0.665. The third kappa shape index (κ3) is 5.63. The summed E-state index contributed by atoms with van der Waals surface area (Å²) >= 11 is 0. The molecule has 0 aliphatic heterocycles. The summed E-state index contributed by atoms with van der Waals surface area (Å²) in [6.45, 7) is 0. The van der Waals surface area contributed by atoms with E-state index in [1.807, 2.05) is 60.7 Å². The van der Waals surface area contributed by atoms with Gasteiger partial charge in [-0.05, 0) is 58.7 Å². The van der Waals surface area contributed by atoms with Crippen molar-refractivity contribution in [3.8, 4) is 23.3 Å². The Balaban J connectivity index is 1.55. The molecular formula is C31H25NO4. The number of ether oxygens (including phenoxy) is 3. The van der Waals surface area contributed by atoms with Crippen LogP contribution in [0.1, 0.15) is 28.2 Å². The summed E-state index contributed by atoms with van der Waals surface area (Å²) < 4.78 is 16.4. The topological polar surface area (TPSA) is 68.5 Å². The van der Waals surface area contributed by atoms with Crippen LogP contribution in [-0.2, 0) is 4.79 Å². The predicted octanol–water partition coefficient (Wildman–Crippen LogP) is 6.51. The van der Waals surface area contributed by atoms with E-state index in [2.05, 4.69) is 6.07 Å². The molecule has 5 heteroatoms. The Hall–Kier alpha value is -4.82. The molecule has 0 spiro atoms. The Bertz CT molecular complexity index is 1350. The molecule has 0 bridgehead atoms. The van der Waals surface area contributed by atoms with Crippen LogP contribution in [0, 0.1) is 11.3 Å². The summed E-state index contributed by atoms with van der Waals surface area (Å²) in [6, 6.07) is 33.8. The van der Waals surface area contributed by atoms with Crippen LogP contribution in [0.4, 0.5) is 0 Å². The molecule has 0 amide bonds. The highest BCUT2D eigenvalue weighted by atomic mass is 16.5. The summed E-state index contributed by atoms with van der Waals surface area (Å²) in [7, 11) is 3.12. The monoisotopic (exact) mass is 475 g/mol. The van der Waals surface area contributed by atoms with Crippen molar-refractivity contribution in [2.24, 2.45) is 0 Å². The van der Waals surface area contributed by atoms with Crippen molar-refractivity contribution in [1.29, 1.82) is 5.26 Å². The van der Waals surface area contributed by atoms with Crippen LogP contribution in [0.3, 0.4) is 0 Å². The highest BCUT2D eigenvalue weighted by Gasteiger charge is 2.24. The Kier molecular flexibility index (Phi) is 7.80. The lowest BCUT2D eigenvalue weighted by molar-refractivity contribution is -0.135. The van der Waals surface area contributed by atoms with Crippen LogP contribution in [0.15, 0.2) is 103 Å². The van der Waals surface area contributed by atoms with E-state index >= 15 is 0 Å². The molecule has 0 saturated carbocycles. The number of esters is 1. The molecule has 0 saturated heterocycles. The van der Waals surface area contributed by atoms with Gasteiger partial charge in [0.05, 0.1) is 25.9 Å². The Morgan fingerprint density at radius 3 is 1.89 bits per heavy atom. The van der Waals surface area contributed by atoms with E-state index in [1.54, 1.807) is 62.8 Å². The van der Waals surface area contributed by atoms with Gasteiger partial charge >= 0.3 is 5.97 Å². The van der Waals surface area contributed by atoms with Gasteiger partial charge in [0.25, 0.3) is 0 Å². The second kappa shape index (κ2) is 11.5. The molecule has 4 rings (SSSR count). The largest absolute Gasteiger partial charge is 0.493 e. The maximum absolute atomic E-state index is 13.2. The number of carbonyl (C=O) groups is 1. The van der Waals surface area contributed by atoms with E-state index in [1.165, 1.54) is 0 Å². The fraction of sp³-hybridized carbons (Fsp3) is 0.0968. The first kappa shape index (κ1) is 24.3. The van der Waals surface area contributed by atoms with E-state index in [4.69, 9.17) is 14.2 Å². The van der Waals surface area contributed by atoms with E-state index < -0.39 is 5.92 Å². The highest BCUT2D eigenvalue weighted by Crippen LogP contribution is 2.31. The van der Waals surface area contributed by atoms with Crippen molar-refractivity contribution in [2.75, 3.05) is 14.2 Å². The normalized spacial score (nSPS) is 11.0. The fourth-order valence-corrected chi connectivity index (χ4v) is 3.91. The van der Waals surface area contributed by atoms with Crippen molar-refractivity contribution >= 4 is 17.6 Å². The number of hydrogen-bond acceptors (Lipinski definition) is 5. The van der Waals surface area contributed by atoms with Crippen LogP contribution >= 0.6 is 0 Å². The number of nitrogens with zero attached hydrogens (tertiary/aromatic N) is 1. The number of carbonyl (C=O) groups excluding carboxylic acids is 1. The average molecular weight is 476 g/mol. The van der Waals surface area contributed by atoms with E-state index in [0.717, 1.165) is 16.7 Å². The number of rotatable bonds is 8. The first-order valence-corrected chi connectivity index (χ1v) is 11.4. The van der Waals surface area contributed by atoms with Gasteiger partial charge in [-0.25, -0.2) is 0 Å². The molecule has 0 heterocycles. The smallest absolute Gasteiger partial charge is 0.323 e. The van der Waals surface area contributed by atoms with Crippen molar-refractivity contribution in [1.82, 2.24) is 0 Å². The van der Waals surface area contributed by atoms with E-state index in [-0.39, 0.29) is 5.97 Å². The lowest BCUT2D eigenvalue weighted by atomic mass is 9.91. The lowest BCUT2D eigenvalue weighted by Crippen LogP contribution is -2.20. The van der Waals surface area contributed by atoms with Gasteiger partial charge in [0.15, 0.2) is 11.5 Å². The molecule has 178 valence electrons. The quantitative estimate of drug-likeness (QED) is 0.126. The zero-order valence-electron chi connectivity index (χ0n) is 20.0. The fourth-order valence-electron chi connectivity index (χ4n) is 3.91. The molecule has 5 nitrogen and oxygen atoms in total. The summed E-state index contributed by atoms with van der Waals surface area (Å²) in [4.78, 5) is 13.2. The van der Waals surface area contributed by atoms with Gasteiger partial charge < -0.3 is 14.2 Å². The molecule has 0 atom stereocenters. The molecule has 0 unspecified atom stereocenters. The number of allylic oxidation sites excluding steroid dienone is 1. The lowest BCUT2D eigenvalue weighted by Gasteiger charge is -2.17. The number of nitriles is 1. The molecular weight excluding hydrogens is 450 g/mol. The van der Waals surface area contributed by atoms with Crippen molar-refractivity contribution in [3.63, 3.8) is 0 Å². The van der Waals surface area contributed by atoms with Crippen molar-refractivity contribution in [2.45, 2.75) is 5.92 Å². The molecule has 0 fully saturated rings. The van der Waals surface area contributed by atoms with E-state index in [9.17, 15) is 10.1 Å². The number of methoxy groups -OCH3 is 2. The zero-order valence-corrected chi connectivity index (χ0v) is 20.0. The van der Waals surface area contributed by atoms with E-state index in [0.29, 0.717) is 28.4 Å². The van der Waals surface area contributed by atoms with Crippen LogP contribution in [-0.4, -0.2) is 20.2 Å². The second-order valence-corrected chi connectivity index (χ2v) is 7.98. The summed E-state index contributed by atoms with van der Waals surface area (Å²) in [6.07, 6.45) is 1.77. The molecule has 0 radical (unpaired) electrons. The average Bonchev–Trinajstić information content (AvgIpc) is 2.93. The van der Waals surface area contributed by atoms with Crippen LogP contribution in [0.5, 0.6) is 17.2 Å². The van der Waals surface area contributed by atoms with Gasteiger partial charge in [-0.1, -0.05) is 72.8 Å². The van der Waals surface area contributed by atoms with Crippen molar-refractivity contribution < 1.29 is 19.0 Å². The Morgan fingerprint density at radius 2 is 1.36 bits per heavy atom. The van der Waals surface area contributed by atoms with Gasteiger partial charge in [-0.15, -0.1) is 0 Å². The Labute approximate surface area is 210 Å². The third-order valence-electron chi connectivity index (χ3n) is 5.73. The number of benzene rings is 4. The molecule has 36 heavy (non-hydrogen) atoms. The minimum Gasteiger partial charge on any atom is -0.493 e. The van der Waals surface area contributed by atoms with Crippen LogP contribution in [0.2, 0.25) is 0 Å². The highest BCUT2D eigenvalue weighted by molar-refractivity contribution is 5.90. The first-order chi connectivity index (χ1) is 17.6. The molecule has 4 aromatic carbocycles. The maximum Gasteiger partial charge on any atom is 0.323 e.